The molecule has 1 unspecified atom stereocenters. The standard InChI is InChI=1S/C12H17FN2O2S/c1-15-8-4-5-10(9-15)14-18(16,17)12-7-3-2-6-11(12)13/h2-3,6-7,10,14H,4-5,8-9H2,1H3. The number of hydrogen-bond donors (Lipinski definition) is 1. The molecule has 4 nitrogen and oxygen atoms in total. The zero-order chi connectivity index (χ0) is 13.2. The van der Waals surface area contributed by atoms with Crippen LogP contribution in [0.4, 0.5) is 4.39 Å². The second-order valence-corrected chi connectivity index (χ2v) is 6.34. The van der Waals surface area contributed by atoms with E-state index < -0.39 is 15.8 Å². The number of nitrogens with one attached hydrogen (secondary N) is 1. The molecule has 18 heavy (non-hydrogen) atoms. The van der Waals surface area contributed by atoms with Crippen LogP contribution in [0.15, 0.2) is 29.2 Å². The molecule has 1 N–H and O–H groups in total. The molecule has 0 bridgehead atoms. The van der Waals surface area contributed by atoms with Crippen molar-refractivity contribution in [2.45, 2.75) is 23.8 Å². The van der Waals surface area contributed by atoms with Crippen LogP contribution >= 0.6 is 0 Å². The van der Waals surface area contributed by atoms with Crippen molar-refractivity contribution in [2.24, 2.45) is 0 Å². The first-order valence-corrected chi connectivity index (χ1v) is 7.43. The summed E-state index contributed by atoms with van der Waals surface area (Å²) in [5, 5.41) is 0. The number of halogens is 1. The van der Waals surface area contributed by atoms with Crippen LogP contribution < -0.4 is 4.72 Å². The Labute approximate surface area is 107 Å². The highest BCUT2D eigenvalue weighted by atomic mass is 32.2. The predicted octanol–water partition coefficient (Wildman–Crippen LogP) is 1.20. The van der Waals surface area contributed by atoms with E-state index in [-0.39, 0.29) is 10.9 Å². The molecule has 1 heterocycles. The first kappa shape index (κ1) is 13.5. The molecule has 0 radical (unpaired) electrons. The van der Waals surface area contributed by atoms with Crippen LogP contribution in [0.3, 0.4) is 0 Å². The number of piperidine rings is 1. The number of hydrogen-bond acceptors (Lipinski definition) is 3. The third-order valence-electron chi connectivity index (χ3n) is 3.07. The first-order chi connectivity index (χ1) is 8.49. The quantitative estimate of drug-likeness (QED) is 0.899. The third-order valence-corrected chi connectivity index (χ3v) is 4.63. The number of rotatable bonds is 3. The molecule has 1 aliphatic heterocycles. The molecule has 1 atom stereocenters. The molecule has 1 aliphatic rings. The van der Waals surface area contributed by atoms with Gasteiger partial charge in [0.15, 0.2) is 0 Å². The van der Waals surface area contributed by atoms with Crippen LogP contribution in [-0.4, -0.2) is 39.5 Å². The average molecular weight is 272 g/mol. The molecule has 0 aliphatic carbocycles. The normalized spacial score (nSPS) is 22.0. The van der Waals surface area contributed by atoms with Gasteiger partial charge in [-0.3, -0.25) is 0 Å². The lowest BCUT2D eigenvalue weighted by Gasteiger charge is -2.29. The smallest absolute Gasteiger partial charge is 0.243 e. The number of likely N-dealkylation sites (tertiary alicyclic amines) is 1. The number of nitrogens with zero attached hydrogens (tertiary/aromatic N) is 1. The van der Waals surface area contributed by atoms with Crippen molar-refractivity contribution in [1.82, 2.24) is 9.62 Å². The molecule has 2 rings (SSSR count). The van der Waals surface area contributed by atoms with E-state index in [2.05, 4.69) is 9.62 Å². The molecule has 1 saturated heterocycles. The highest BCUT2D eigenvalue weighted by molar-refractivity contribution is 7.89. The van der Waals surface area contributed by atoms with E-state index in [4.69, 9.17) is 0 Å². The van der Waals surface area contributed by atoms with Crippen molar-refractivity contribution in [2.75, 3.05) is 20.1 Å². The Balaban J connectivity index is 2.15. The van der Waals surface area contributed by atoms with Gasteiger partial charge in [-0.05, 0) is 38.6 Å². The van der Waals surface area contributed by atoms with Crippen molar-refractivity contribution in [3.63, 3.8) is 0 Å². The summed E-state index contributed by atoms with van der Waals surface area (Å²) in [5.41, 5.74) is 0. The van der Waals surface area contributed by atoms with E-state index in [1.54, 1.807) is 0 Å². The summed E-state index contributed by atoms with van der Waals surface area (Å²) in [4.78, 5) is 1.79. The van der Waals surface area contributed by atoms with Gasteiger partial charge in [-0.15, -0.1) is 0 Å². The topological polar surface area (TPSA) is 49.4 Å². The van der Waals surface area contributed by atoms with Crippen LogP contribution in [0.5, 0.6) is 0 Å². The van der Waals surface area contributed by atoms with Crippen LogP contribution in [0.1, 0.15) is 12.8 Å². The molecule has 1 aromatic carbocycles. The van der Waals surface area contributed by atoms with E-state index in [1.165, 1.54) is 18.2 Å². The highest BCUT2D eigenvalue weighted by Crippen LogP contribution is 2.16. The Bertz CT molecular complexity index is 519. The SMILES string of the molecule is CN1CCCC(NS(=O)(=O)c2ccccc2F)C1. The Hall–Kier alpha value is -0.980. The minimum atomic E-state index is -3.77. The van der Waals surface area contributed by atoms with Crippen molar-refractivity contribution >= 4 is 10.0 Å². The molecule has 6 heteroatoms. The summed E-state index contributed by atoms with van der Waals surface area (Å²) in [5.74, 6) is -0.714. The monoisotopic (exact) mass is 272 g/mol. The highest BCUT2D eigenvalue weighted by Gasteiger charge is 2.25. The maximum Gasteiger partial charge on any atom is 0.243 e. The molecule has 1 aromatic rings. The van der Waals surface area contributed by atoms with Crippen molar-refractivity contribution in [1.29, 1.82) is 0 Å². The van der Waals surface area contributed by atoms with E-state index in [0.29, 0.717) is 6.54 Å². The van der Waals surface area contributed by atoms with Gasteiger partial charge in [0, 0.05) is 12.6 Å². The summed E-state index contributed by atoms with van der Waals surface area (Å²) >= 11 is 0. The lowest BCUT2D eigenvalue weighted by molar-refractivity contribution is 0.242. The van der Waals surface area contributed by atoms with Crippen LogP contribution in [-0.2, 0) is 10.0 Å². The first-order valence-electron chi connectivity index (χ1n) is 5.94. The van der Waals surface area contributed by atoms with E-state index >= 15 is 0 Å². The minimum absolute atomic E-state index is 0.145. The Morgan fingerprint density at radius 3 is 2.78 bits per heavy atom. The van der Waals surface area contributed by atoms with E-state index in [9.17, 15) is 12.8 Å². The van der Waals surface area contributed by atoms with Gasteiger partial charge in [-0.2, -0.15) is 0 Å². The summed E-state index contributed by atoms with van der Waals surface area (Å²) in [6, 6.07) is 5.28. The number of likely N-dealkylation sites (N-methyl/N-ethyl adjacent to an activating group) is 1. The third kappa shape index (κ3) is 3.07. The molecule has 0 amide bonds. The van der Waals surface area contributed by atoms with Gasteiger partial charge in [-0.25, -0.2) is 17.5 Å². The largest absolute Gasteiger partial charge is 0.305 e. The fraction of sp³-hybridized carbons (Fsp3) is 0.500. The van der Waals surface area contributed by atoms with Crippen LogP contribution in [0.2, 0.25) is 0 Å². The zero-order valence-corrected chi connectivity index (χ0v) is 11.1. The number of sulfonamides is 1. The van der Waals surface area contributed by atoms with Crippen molar-refractivity contribution in [3.8, 4) is 0 Å². The second kappa shape index (κ2) is 5.34. The second-order valence-electron chi connectivity index (χ2n) is 4.65. The Morgan fingerprint density at radius 1 is 1.39 bits per heavy atom. The van der Waals surface area contributed by atoms with Crippen molar-refractivity contribution < 1.29 is 12.8 Å². The van der Waals surface area contributed by atoms with E-state index in [1.807, 2.05) is 7.05 Å². The van der Waals surface area contributed by atoms with Gasteiger partial charge < -0.3 is 4.90 Å². The lowest BCUT2D eigenvalue weighted by atomic mass is 10.1. The number of benzene rings is 1. The summed E-state index contributed by atoms with van der Waals surface area (Å²) in [6.45, 7) is 1.63. The van der Waals surface area contributed by atoms with E-state index in [0.717, 1.165) is 25.5 Å². The van der Waals surface area contributed by atoms with Gasteiger partial charge in [0.2, 0.25) is 10.0 Å². The van der Waals surface area contributed by atoms with Crippen LogP contribution in [0.25, 0.3) is 0 Å². The fourth-order valence-electron chi connectivity index (χ4n) is 2.21. The summed E-state index contributed by atoms with van der Waals surface area (Å²) < 4.78 is 40.2. The van der Waals surface area contributed by atoms with Crippen molar-refractivity contribution in [3.05, 3.63) is 30.1 Å². The predicted molar refractivity (Wildman–Crippen MR) is 67.2 cm³/mol. The maximum absolute atomic E-state index is 13.5. The Morgan fingerprint density at radius 2 is 2.11 bits per heavy atom. The van der Waals surface area contributed by atoms with Crippen LogP contribution in [0, 0.1) is 5.82 Å². The fourth-order valence-corrected chi connectivity index (χ4v) is 3.55. The summed E-state index contributed by atoms with van der Waals surface area (Å²) in [6.07, 6.45) is 1.74. The van der Waals surface area contributed by atoms with Gasteiger partial charge in [0.05, 0.1) is 0 Å². The molecule has 0 saturated carbocycles. The molecule has 100 valence electrons. The van der Waals surface area contributed by atoms with Gasteiger partial charge in [0.25, 0.3) is 0 Å². The summed E-state index contributed by atoms with van der Waals surface area (Å²) in [7, 11) is -1.82. The Kier molecular flexibility index (Phi) is 3.99. The molecule has 0 spiro atoms. The lowest BCUT2D eigenvalue weighted by Crippen LogP contribution is -2.46. The van der Waals surface area contributed by atoms with Gasteiger partial charge in [-0.1, -0.05) is 12.1 Å². The van der Waals surface area contributed by atoms with Gasteiger partial charge in [0.1, 0.15) is 10.7 Å². The maximum atomic E-state index is 13.5. The molecular formula is C12H17FN2O2S. The zero-order valence-electron chi connectivity index (χ0n) is 10.3. The minimum Gasteiger partial charge on any atom is -0.305 e. The average Bonchev–Trinajstić information content (AvgIpc) is 2.28. The molecule has 0 aromatic heterocycles. The molecular weight excluding hydrogens is 255 g/mol. The molecule has 1 fully saturated rings. The van der Waals surface area contributed by atoms with Gasteiger partial charge >= 0.3 is 0 Å².